The molecule has 12 heteroatoms. The minimum atomic E-state index is -0.625. The van der Waals surface area contributed by atoms with Crippen LogP contribution in [0.25, 0.3) is 0 Å². The number of amides is 2. The number of ketones is 1. The van der Waals surface area contributed by atoms with Crippen LogP contribution in [0.2, 0.25) is 0 Å². The molecule has 0 N–H and O–H groups in total. The van der Waals surface area contributed by atoms with Gasteiger partial charge in [-0.1, -0.05) is 12.1 Å². The van der Waals surface area contributed by atoms with E-state index in [-0.39, 0.29) is 55.0 Å². The third-order valence-corrected chi connectivity index (χ3v) is 5.00. The second kappa shape index (κ2) is 15.3. The van der Waals surface area contributed by atoms with Crippen molar-refractivity contribution in [1.82, 2.24) is 4.90 Å². The van der Waals surface area contributed by atoms with Gasteiger partial charge in [-0.25, -0.2) is 9.59 Å². The molecule has 2 aliphatic heterocycles. The minimum Gasteiger partial charge on any atom is -0.785 e. The number of carbonyl (C=O) groups excluding carboxylic acids is 4. The summed E-state index contributed by atoms with van der Waals surface area (Å²) in [6.07, 6.45) is -0.713. The molecule has 0 aliphatic carbocycles. The molecule has 10 nitrogen and oxygen atoms in total. The molecule has 1 aromatic carbocycles. The van der Waals surface area contributed by atoms with E-state index < -0.39 is 12.0 Å². The summed E-state index contributed by atoms with van der Waals surface area (Å²) in [6.45, 7) is 10.7. The van der Waals surface area contributed by atoms with E-state index in [1.54, 1.807) is 58.9 Å². The average Bonchev–Trinajstić information content (AvgIpc) is 3.34. The molecule has 35 heavy (non-hydrogen) atoms. The molecule has 195 valence electrons. The Labute approximate surface area is 221 Å². The van der Waals surface area contributed by atoms with Crippen molar-refractivity contribution < 1.29 is 57.0 Å². The third kappa shape index (κ3) is 9.81. The van der Waals surface area contributed by atoms with Gasteiger partial charge in [0.2, 0.25) is 0 Å². The van der Waals surface area contributed by atoms with Crippen LogP contribution < -0.4 is 5.82 Å². The second-order valence-corrected chi connectivity index (χ2v) is 7.50. The molecule has 2 atom stereocenters. The van der Waals surface area contributed by atoms with Crippen LogP contribution in [-0.4, -0.2) is 53.2 Å². The van der Waals surface area contributed by atoms with Crippen molar-refractivity contribution >= 4 is 36.4 Å². The van der Waals surface area contributed by atoms with Gasteiger partial charge in [0.05, 0.1) is 11.1 Å². The van der Waals surface area contributed by atoms with Gasteiger partial charge < -0.3 is 35.7 Å². The summed E-state index contributed by atoms with van der Waals surface area (Å²) >= 11 is 4.33. The third-order valence-electron chi connectivity index (χ3n) is 4.59. The summed E-state index contributed by atoms with van der Waals surface area (Å²) in [5.74, 6) is 0.441. The molecular formula is C23H28NO9RhS-. The Morgan fingerprint density at radius 1 is 0.914 bits per heavy atom. The predicted molar refractivity (Wildman–Crippen MR) is 124 cm³/mol. The van der Waals surface area contributed by atoms with Gasteiger partial charge in [0.25, 0.3) is 11.8 Å². The largest absolute Gasteiger partial charge is 0.785 e. The molecule has 1 radical (unpaired) electrons. The van der Waals surface area contributed by atoms with Gasteiger partial charge in [0, 0.05) is 26.0 Å². The maximum atomic E-state index is 11.5. The zero-order chi connectivity index (χ0) is 26.0. The van der Waals surface area contributed by atoms with Gasteiger partial charge in [-0.15, -0.1) is 5.75 Å². The number of aryl methyl sites for hydroxylation is 2. The quantitative estimate of drug-likeness (QED) is 0.220. The number of imide groups is 1. The van der Waals surface area contributed by atoms with Gasteiger partial charge in [0.1, 0.15) is 29.5 Å². The number of Topliss-reactive ketones (excluding diaryl/α,β-unsaturated/α-hetero) is 1. The number of nitrogens with zero attached hydrogens (tertiary/aromatic N) is 1. The van der Waals surface area contributed by atoms with E-state index in [0.717, 1.165) is 0 Å². The molecule has 2 amide bonds. The monoisotopic (exact) mass is 597 g/mol. The maximum Gasteiger partial charge on any atom is 0.518 e. The molecule has 0 saturated carbocycles. The number of ether oxygens (including phenoxy) is 2. The van der Waals surface area contributed by atoms with Gasteiger partial charge in [-0.05, 0) is 53.7 Å². The fourth-order valence-corrected chi connectivity index (χ4v) is 2.46. The Hall–Kier alpha value is -2.72. The second-order valence-electron chi connectivity index (χ2n) is 7.21. The van der Waals surface area contributed by atoms with Gasteiger partial charge in [-0.2, -0.15) is 0 Å². The Morgan fingerprint density at radius 3 is 1.49 bits per heavy atom. The van der Waals surface area contributed by atoms with Crippen LogP contribution in [-0.2, 0) is 46.4 Å². The van der Waals surface area contributed by atoms with Crippen LogP contribution in [0.3, 0.4) is 0 Å². The Bertz CT molecular complexity index is 1010. The van der Waals surface area contributed by atoms with Crippen molar-refractivity contribution in [2.75, 3.05) is 12.3 Å². The first-order valence-corrected chi connectivity index (χ1v) is 11.0. The van der Waals surface area contributed by atoms with Crippen LogP contribution in [0.1, 0.15) is 59.9 Å². The maximum absolute atomic E-state index is 11.5. The van der Waals surface area contributed by atoms with Crippen molar-refractivity contribution in [2.45, 2.75) is 53.8 Å². The fraction of sp³-hybridized carbons (Fsp3) is 0.435. The van der Waals surface area contributed by atoms with E-state index in [1.807, 2.05) is 0 Å². The van der Waals surface area contributed by atoms with E-state index in [0.29, 0.717) is 29.2 Å². The number of cyclic esters (lactones) is 2. The summed E-state index contributed by atoms with van der Waals surface area (Å²) in [6, 6.07) is 6.91. The normalized spacial score (nSPS) is 17.2. The Morgan fingerprint density at radius 2 is 1.29 bits per heavy atom. The van der Waals surface area contributed by atoms with E-state index in [2.05, 4.69) is 30.9 Å². The number of fused-ring (bicyclic) bond motifs is 1. The number of rotatable bonds is 2. The molecule has 4 rings (SSSR count). The number of carbonyl (C=O) groups is 4. The number of hydrogen-bond donors (Lipinski definition) is 0. The van der Waals surface area contributed by atoms with Crippen LogP contribution in [0.4, 0.5) is 4.79 Å². The van der Waals surface area contributed by atoms with Gasteiger partial charge >= 0.3 is 12.0 Å². The zero-order valence-corrected chi connectivity index (χ0v) is 22.7. The summed E-state index contributed by atoms with van der Waals surface area (Å²) in [5.41, 5.74) is 1.05. The van der Waals surface area contributed by atoms with E-state index in [4.69, 9.17) is 0 Å². The smallest absolute Gasteiger partial charge is 0.518 e. The molecule has 3 heterocycles. The molecule has 1 fully saturated rings. The standard InChI is InChI=1S/C10H9NO2.C5H8O3.C5H6O3.C3H6OS.Rh/c1-2-11-9(12)7-5-3-4-6-8(7)10(11)13;2*1-3-4(2)8-5(6)7-3;1-3(4)2-5;/h3-6H,2H2,1H3;3-4H,1-2H3;1-2H3;5H,2H2,1H3;/p-1. The van der Waals surface area contributed by atoms with Gasteiger partial charge in [0.15, 0.2) is 0 Å². The first-order chi connectivity index (χ1) is 15.9. The molecule has 1 aromatic heterocycles. The van der Waals surface area contributed by atoms with Crippen molar-refractivity contribution in [3.05, 3.63) is 57.5 Å². The van der Waals surface area contributed by atoms with Crippen molar-refractivity contribution in [1.29, 1.82) is 0 Å². The molecule has 0 spiro atoms. The SMILES string of the molecule is CC(=O)C[S-].CC1OC(=O)OC1C.CCN1C(=O)c2ccccc2C1=O.Cc1oc(=O)oc1C.[Rh]. The van der Waals surface area contributed by atoms with Crippen LogP contribution >= 0.6 is 0 Å². The Kier molecular flexibility index (Phi) is 14.1. The molecular weight excluding hydrogens is 569 g/mol. The van der Waals surface area contributed by atoms with Crippen LogP contribution in [0, 0.1) is 13.8 Å². The van der Waals surface area contributed by atoms with Gasteiger partial charge in [-0.3, -0.25) is 14.5 Å². The Balaban J connectivity index is 0.000000463. The molecule has 2 aliphatic rings. The van der Waals surface area contributed by atoms with Crippen LogP contribution in [0.5, 0.6) is 0 Å². The first kappa shape index (κ1) is 32.3. The molecule has 2 aromatic rings. The average molecular weight is 597 g/mol. The van der Waals surface area contributed by atoms with Crippen molar-refractivity contribution in [2.24, 2.45) is 0 Å². The topological polar surface area (TPSA) is 133 Å². The molecule has 1 saturated heterocycles. The summed E-state index contributed by atoms with van der Waals surface area (Å²) in [4.78, 5) is 54.4. The molecule has 2 unspecified atom stereocenters. The van der Waals surface area contributed by atoms with Crippen LogP contribution in [0.15, 0.2) is 37.9 Å². The summed E-state index contributed by atoms with van der Waals surface area (Å²) in [5, 5.41) is 0. The van der Waals surface area contributed by atoms with E-state index in [1.165, 1.54) is 11.8 Å². The summed E-state index contributed by atoms with van der Waals surface area (Å²) < 4.78 is 18.2. The number of hydrogen-bond acceptors (Lipinski definition) is 10. The van der Waals surface area contributed by atoms with E-state index >= 15 is 0 Å². The fourth-order valence-electron chi connectivity index (χ4n) is 2.46. The van der Waals surface area contributed by atoms with Crippen molar-refractivity contribution in [3.63, 3.8) is 0 Å². The minimum absolute atomic E-state index is 0. The first-order valence-electron chi connectivity index (χ1n) is 10.4. The van der Waals surface area contributed by atoms with E-state index in [9.17, 15) is 24.0 Å². The summed E-state index contributed by atoms with van der Waals surface area (Å²) in [7, 11) is 0. The van der Waals surface area contributed by atoms with Crippen molar-refractivity contribution in [3.8, 4) is 0 Å². The number of benzene rings is 1. The predicted octanol–water partition coefficient (Wildman–Crippen LogP) is 3.20. The molecule has 0 bridgehead atoms. The zero-order valence-electron chi connectivity index (χ0n) is 20.2.